The van der Waals surface area contributed by atoms with E-state index in [9.17, 15) is 24.4 Å². The molecule has 0 spiro atoms. The molecule has 0 aromatic rings. The fourth-order valence-electron chi connectivity index (χ4n) is 1.35. The van der Waals surface area contributed by atoms with Gasteiger partial charge in [0.05, 0.1) is 0 Å². The Morgan fingerprint density at radius 1 is 1.13 bits per heavy atom. The van der Waals surface area contributed by atoms with Gasteiger partial charge in [0.25, 0.3) is 0 Å². The molecule has 0 aliphatic heterocycles. The van der Waals surface area contributed by atoms with Crippen LogP contribution in [0.5, 0.6) is 0 Å². The maximum absolute atomic E-state index is 10.8. The van der Waals surface area contributed by atoms with Gasteiger partial charge in [0.15, 0.2) is 0 Å². The summed E-state index contributed by atoms with van der Waals surface area (Å²) >= 11 is 0. The molecular weight excluding hydrogens is 339 g/mol. The molecule has 0 rings (SSSR count). The van der Waals surface area contributed by atoms with Gasteiger partial charge in [-0.2, -0.15) is 0 Å². The summed E-state index contributed by atoms with van der Waals surface area (Å²) in [6.07, 6.45) is -0.668. The molecule has 23 heavy (non-hydrogen) atoms. The monoisotopic (exact) mass is 356 g/mol. The van der Waals surface area contributed by atoms with Crippen molar-refractivity contribution in [2.45, 2.75) is 25.6 Å². The number of aliphatic hydroxyl groups excluding tert-OH is 1. The Morgan fingerprint density at radius 2 is 1.52 bits per heavy atom. The van der Waals surface area contributed by atoms with Crippen molar-refractivity contribution in [1.82, 2.24) is 0 Å². The molecule has 0 radical (unpaired) electrons. The normalized spacial score (nSPS) is 17.5. The average Bonchev–Trinajstić information content (AvgIpc) is 2.36. The van der Waals surface area contributed by atoms with Crippen LogP contribution in [0, 0.1) is 0 Å². The van der Waals surface area contributed by atoms with Crippen LogP contribution in [0.4, 0.5) is 0 Å². The lowest BCUT2D eigenvalue weighted by molar-refractivity contribution is -0.246. The molecule has 12 heteroatoms. The second-order valence-electron chi connectivity index (χ2n) is 4.52. The van der Waals surface area contributed by atoms with Gasteiger partial charge in [-0.15, -0.1) is 4.67 Å². The van der Waals surface area contributed by atoms with Gasteiger partial charge in [0.2, 0.25) is 0 Å². The van der Waals surface area contributed by atoms with E-state index < -0.39 is 49.2 Å². The number of aliphatic hydroxyl groups is 2. The van der Waals surface area contributed by atoms with Crippen LogP contribution in [0.15, 0.2) is 23.3 Å². The molecule has 0 saturated carbocycles. The molecule has 0 saturated heterocycles. The largest absolute Gasteiger partial charge is 0.496 e. The van der Waals surface area contributed by atoms with Crippen LogP contribution in [0.2, 0.25) is 0 Å². The Bertz CT molecular complexity index is 528. The summed E-state index contributed by atoms with van der Waals surface area (Å²) in [7, 11) is -4.99. The molecule has 1 unspecified atom stereocenters. The summed E-state index contributed by atoms with van der Waals surface area (Å²) in [6, 6.07) is 0. The highest BCUT2D eigenvalue weighted by atomic mass is 31.2. The summed E-state index contributed by atoms with van der Waals surface area (Å²) < 4.78 is 14.0. The fourth-order valence-corrected chi connectivity index (χ4v) is 1.55. The van der Waals surface area contributed by atoms with Crippen molar-refractivity contribution in [3.05, 3.63) is 23.3 Å². The number of hydrogen-bond acceptors (Lipinski definition) is 7. The molecule has 1 atom stereocenters. The standard InChI is InChI=1S/C11H17O11P/c1-6(9(13)14)3-11(17,4-7(2)10(15)16)8(12)5-21-22-23(18,19)20/h3-4,8,12,17H,5H2,1-2H3,(H,13,14)(H,15,16)(H2,18,19,20). The molecule has 0 fully saturated rings. The van der Waals surface area contributed by atoms with Gasteiger partial charge in [-0.1, -0.05) is 0 Å². The van der Waals surface area contributed by atoms with Crippen molar-refractivity contribution in [2.24, 2.45) is 0 Å². The molecule has 0 amide bonds. The highest BCUT2D eigenvalue weighted by molar-refractivity contribution is 7.46. The summed E-state index contributed by atoms with van der Waals surface area (Å²) in [6.45, 7) is 1.17. The first-order chi connectivity index (χ1) is 10.3. The van der Waals surface area contributed by atoms with Crippen molar-refractivity contribution in [1.29, 1.82) is 0 Å². The predicted octanol–water partition coefficient (Wildman–Crippen LogP) is -0.819. The maximum Gasteiger partial charge on any atom is 0.496 e. The lowest BCUT2D eigenvalue weighted by atomic mass is 9.92. The van der Waals surface area contributed by atoms with Crippen LogP contribution >= 0.6 is 7.82 Å². The van der Waals surface area contributed by atoms with Crippen LogP contribution in [-0.2, 0) is 23.7 Å². The maximum atomic E-state index is 10.8. The van der Waals surface area contributed by atoms with Gasteiger partial charge in [-0.3, -0.25) is 0 Å². The van der Waals surface area contributed by atoms with Gasteiger partial charge >= 0.3 is 19.8 Å². The SMILES string of the molecule is CC(=CC(O)(C=C(C)C(=O)O)C(O)COOP(=O)(O)O)C(=O)O. The Kier molecular flexibility index (Phi) is 7.74. The zero-order valence-electron chi connectivity index (χ0n) is 12.1. The van der Waals surface area contributed by atoms with E-state index in [-0.39, 0.29) is 0 Å². The molecular formula is C11H17O11P. The molecule has 0 bridgehead atoms. The third-order valence-corrected chi connectivity index (χ3v) is 2.78. The number of carboxylic acids is 2. The molecule has 132 valence electrons. The number of phosphoric acid groups is 1. The van der Waals surface area contributed by atoms with E-state index in [1.165, 1.54) is 0 Å². The Labute approximate surface area is 130 Å². The van der Waals surface area contributed by atoms with E-state index in [2.05, 4.69) is 9.56 Å². The first-order valence-electron chi connectivity index (χ1n) is 5.91. The number of carboxylic acid groups (broad SMARTS) is 2. The Balaban J connectivity index is 5.46. The lowest BCUT2D eigenvalue weighted by Crippen LogP contribution is -2.43. The van der Waals surface area contributed by atoms with Crippen LogP contribution in [0.1, 0.15) is 13.8 Å². The van der Waals surface area contributed by atoms with E-state index in [0.29, 0.717) is 12.2 Å². The van der Waals surface area contributed by atoms with Crippen LogP contribution in [-0.4, -0.2) is 60.5 Å². The number of carbonyl (C=O) groups is 2. The highest BCUT2D eigenvalue weighted by Gasteiger charge is 2.34. The molecule has 11 nitrogen and oxygen atoms in total. The average molecular weight is 356 g/mol. The third-order valence-electron chi connectivity index (χ3n) is 2.48. The molecule has 0 heterocycles. The van der Waals surface area contributed by atoms with E-state index in [0.717, 1.165) is 13.8 Å². The van der Waals surface area contributed by atoms with Crippen molar-refractivity contribution >= 4 is 19.8 Å². The predicted molar refractivity (Wildman–Crippen MR) is 72.8 cm³/mol. The topological polar surface area (TPSA) is 191 Å². The third kappa shape index (κ3) is 8.00. The van der Waals surface area contributed by atoms with Gasteiger partial charge < -0.3 is 30.2 Å². The van der Waals surface area contributed by atoms with E-state index in [1.54, 1.807) is 0 Å². The lowest BCUT2D eigenvalue weighted by Gasteiger charge is -2.27. The quantitative estimate of drug-likeness (QED) is 0.131. The van der Waals surface area contributed by atoms with E-state index >= 15 is 0 Å². The van der Waals surface area contributed by atoms with E-state index in [1.807, 2.05) is 0 Å². The first-order valence-corrected chi connectivity index (χ1v) is 7.44. The molecule has 6 N–H and O–H groups in total. The molecule has 0 aromatic carbocycles. The Morgan fingerprint density at radius 3 is 1.83 bits per heavy atom. The van der Waals surface area contributed by atoms with Crippen LogP contribution in [0.25, 0.3) is 0 Å². The van der Waals surface area contributed by atoms with Crippen LogP contribution in [0.3, 0.4) is 0 Å². The summed E-state index contributed by atoms with van der Waals surface area (Å²) in [4.78, 5) is 42.5. The Hall–Kier alpha value is -1.59. The second-order valence-corrected chi connectivity index (χ2v) is 5.65. The van der Waals surface area contributed by atoms with Gasteiger partial charge in [-0.25, -0.2) is 19.0 Å². The van der Waals surface area contributed by atoms with Crippen molar-refractivity contribution in [3.63, 3.8) is 0 Å². The highest BCUT2D eigenvalue weighted by Crippen LogP contribution is 2.36. The van der Waals surface area contributed by atoms with Gasteiger partial charge in [-0.05, 0) is 26.0 Å². The zero-order chi connectivity index (χ0) is 18.4. The second kappa shape index (κ2) is 8.31. The number of aliphatic carboxylic acids is 2. The summed E-state index contributed by atoms with van der Waals surface area (Å²) in [5.41, 5.74) is -3.34. The van der Waals surface area contributed by atoms with Crippen molar-refractivity contribution < 1.29 is 53.9 Å². The summed E-state index contributed by atoms with van der Waals surface area (Å²) in [5, 5.41) is 37.7. The first kappa shape index (κ1) is 21.4. The van der Waals surface area contributed by atoms with Gasteiger partial charge in [0, 0.05) is 11.1 Å². The minimum absolute atomic E-state index is 0.420. The summed E-state index contributed by atoms with van der Waals surface area (Å²) in [5.74, 6) is -2.88. The fraction of sp³-hybridized carbons (Fsp3) is 0.455. The molecule has 0 aromatic heterocycles. The smallest absolute Gasteiger partial charge is 0.478 e. The van der Waals surface area contributed by atoms with Crippen molar-refractivity contribution in [2.75, 3.05) is 6.61 Å². The minimum atomic E-state index is -4.99. The molecule has 0 aliphatic rings. The van der Waals surface area contributed by atoms with Crippen molar-refractivity contribution in [3.8, 4) is 0 Å². The van der Waals surface area contributed by atoms with Gasteiger partial charge in [0.1, 0.15) is 18.3 Å². The number of rotatable bonds is 9. The van der Waals surface area contributed by atoms with E-state index in [4.69, 9.17) is 20.0 Å². The van der Waals surface area contributed by atoms with Crippen LogP contribution < -0.4 is 0 Å². The minimum Gasteiger partial charge on any atom is -0.478 e. The number of hydrogen-bond donors (Lipinski definition) is 6. The molecule has 0 aliphatic carbocycles. The zero-order valence-corrected chi connectivity index (χ0v) is 13.0.